The number of carbonyl (C=O) groups is 2. The number of halogens is 11. The molecule has 1 saturated carbocycles. The quantitative estimate of drug-likeness (QED) is 0.0509. The van der Waals surface area contributed by atoms with Crippen molar-refractivity contribution in [3.05, 3.63) is 93.0 Å². The molecule has 0 aliphatic heterocycles. The number of nitrogens with zero attached hydrogens (tertiary/aromatic N) is 8. The Hall–Kier alpha value is -5.82. The summed E-state index contributed by atoms with van der Waals surface area (Å²) < 4.78 is 200. The average molecular weight is 1150 g/mol. The molecule has 3 aromatic heterocycles. The summed E-state index contributed by atoms with van der Waals surface area (Å²) in [6.45, 7) is -0.118. The smallest absolute Gasteiger partial charge is 0.346 e. The van der Waals surface area contributed by atoms with Crippen LogP contribution >= 0.6 is 11.6 Å². The number of amides is 2. The van der Waals surface area contributed by atoms with E-state index in [-0.39, 0.29) is 44.2 Å². The lowest BCUT2D eigenvalue weighted by Crippen LogP contribution is -2.48. The summed E-state index contributed by atoms with van der Waals surface area (Å²) in [5, 5.41) is 9.04. The second kappa shape index (κ2) is 21.1. The summed E-state index contributed by atoms with van der Waals surface area (Å²) in [6.07, 6.45) is -8.68. The maximum atomic E-state index is 15.7. The van der Waals surface area contributed by atoms with Crippen LogP contribution in [0.15, 0.2) is 42.5 Å². The van der Waals surface area contributed by atoms with Gasteiger partial charge in [0.25, 0.3) is 11.8 Å². The van der Waals surface area contributed by atoms with E-state index in [0.29, 0.717) is 36.4 Å². The van der Waals surface area contributed by atoms with Gasteiger partial charge < -0.3 is 10.2 Å². The van der Waals surface area contributed by atoms with Gasteiger partial charge in [-0.25, -0.2) is 30.6 Å². The van der Waals surface area contributed by atoms with E-state index in [1.165, 1.54) is 45.0 Å². The molecule has 2 unspecified atom stereocenters. The fourth-order valence-corrected chi connectivity index (χ4v) is 10.7. The first kappa shape index (κ1) is 58.9. The predicted octanol–water partition coefficient (Wildman–Crippen LogP) is 8.25. The zero-order valence-corrected chi connectivity index (χ0v) is 44.9. The van der Waals surface area contributed by atoms with E-state index in [2.05, 4.69) is 32.3 Å². The minimum absolute atomic E-state index is 0.0929. The number of alkyl halides is 8. The van der Waals surface area contributed by atoms with E-state index >= 15 is 8.78 Å². The number of fused-ring (bicyclic) bond motifs is 4. The van der Waals surface area contributed by atoms with Crippen molar-refractivity contribution in [2.45, 2.75) is 100 Å². The highest BCUT2D eigenvalue weighted by atomic mass is 35.5. The molecule has 2 aliphatic rings. The molecule has 15 nitrogen and oxygen atoms in total. The number of sulfonamides is 1. The number of likely N-dealkylation sites (N-methyl/N-ethyl adjacent to an activating group) is 1. The Balaban J connectivity index is 1.48. The van der Waals surface area contributed by atoms with Crippen LogP contribution in [0.2, 0.25) is 5.02 Å². The molecule has 2 amide bonds. The van der Waals surface area contributed by atoms with Crippen LogP contribution in [0.1, 0.15) is 85.4 Å². The van der Waals surface area contributed by atoms with Gasteiger partial charge in [0.1, 0.15) is 40.9 Å². The van der Waals surface area contributed by atoms with E-state index < -0.39 is 154 Å². The number of hydrogen-bond donors (Lipinski definition) is 1. The zero-order valence-electron chi connectivity index (χ0n) is 42.5. The standard InChI is InChI=1S/C49H52ClF10N9O6S2/c1-46(2,76(7,72)73)17-16-29-12-13-30(31-14-15-34(50)39-41(31)68(25-47(53,54)55)64-44(39)69(77(8,74)75)45(71)36(66(5)6)11-9-10-18-65(3)4)40(61-29)35(21-26-19-27(51)22-28(52)20-26)62-37(70)24-67-43-38(42(63-67)49(58,59)60)32-23-33(32)48(43,56)57/h12-15,19-20,22,32-33,35-36H,9-11,18,21,23-25H2,1-8H3,(H,62,70)/t32-,33+,35?,36?/m0/s1. The van der Waals surface area contributed by atoms with Crippen molar-refractivity contribution in [1.29, 1.82) is 0 Å². The molecule has 3 heterocycles. The lowest BCUT2D eigenvalue weighted by atomic mass is 9.93. The van der Waals surface area contributed by atoms with Gasteiger partial charge in [0.05, 0.1) is 40.0 Å². The summed E-state index contributed by atoms with van der Waals surface area (Å²) in [5.74, 6) is -6.89. The van der Waals surface area contributed by atoms with E-state index in [1.807, 2.05) is 19.0 Å². The molecule has 2 aliphatic carbocycles. The minimum atomic E-state index is -5.22. The second-order valence-electron chi connectivity index (χ2n) is 20.2. The third-order valence-electron chi connectivity index (χ3n) is 13.3. The third-order valence-corrected chi connectivity index (χ3v) is 16.6. The molecular formula is C49H52ClF10N9O6S2. The maximum absolute atomic E-state index is 15.7. The summed E-state index contributed by atoms with van der Waals surface area (Å²) in [6, 6.07) is 3.85. The van der Waals surface area contributed by atoms with Crippen molar-refractivity contribution in [3.63, 3.8) is 0 Å². The van der Waals surface area contributed by atoms with Crippen molar-refractivity contribution in [2.75, 3.05) is 51.6 Å². The Morgan fingerprint density at radius 2 is 1.55 bits per heavy atom. The molecule has 4 atom stereocenters. The topological polar surface area (TPSA) is 173 Å². The lowest BCUT2D eigenvalue weighted by molar-refractivity contribution is -0.143. The Bertz CT molecular complexity index is 3420. The molecule has 1 N–H and O–H groups in total. The number of hydrogen-bond acceptors (Lipinski definition) is 11. The number of sulfone groups is 1. The van der Waals surface area contributed by atoms with Gasteiger partial charge >= 0.3 is 12.4 Å². The van der Waals surface area contributed by atoms with Crippen molar-refractivity contribution < 1.29 is 70.3 Å². The van der Waals surface area contributed by atoms with Crippen LogP contribution in [0, 0.1) is 29.4 Å². The van der Waals surface area contributed by atoms with Gasteiger partial charge in [0.15, 0.2) is 21.3 Å². The number of unbranched alkanes of at least 4 members (excludes halogenated alkanes) is 1. The summed E-state index contributed by atoms with van der Waals surface area (Å²) >= 11 is 6.79. The molecule has 5 aromatic rings. The third kappa shape index (κ3) is 12.6. The monoisotopic (exact) mass is 1150 g/mol. The Kier molecular flexibility index (Phi) is 16.1. The van der Waals surface area contributed by atoms with Gasteiger partial charge in [-0.3, -0.25) is 23.9 Å². The highest BCUT2D eigenvalue weighted by Crippen LogP contribution is 2.68. The van der Waals surface area contributed by atoms with Gasteiger partial charge in [-0.05, 0) is 122 Å². The molecule has 0 saturated heterocycles. The lowest BCUT2D eigenvalue weighted by Gasteiger charge is -2.28. The first-order valence-corrected chi connectivity index (χ1v) is 27.7. The minimum Gasteiger partial charge on any atom is -0.346 e. The van der Waals surface area contributed by atoms with Crippen LogP contribution in [0.5, 0.6) is 0 Å². The predicted molar refractivity (Wildman–Crippen MR) is 265 cm³/mol. The second-order valence-corrected chi connectivity index (χ2v) is 25.0. The summed E-state index contributed by atoms with van der Waals surface area (Å²) in [4.78, 5) is 36.8. The first-order valence-electron chi connectivity index (χ1n) is 23.6. The highest BCUT2D eigenvalue weighted by Gasteiger charge is 2.68. The van der Waals surface area contributed by atoms with E-state index in [9.17, 15) is 61.5 Å². The fourth-order valence-electron chi connectivity index (χ4n) is 9.33. The van der Waals surface area contributed by atoms with Gasteiger partial charge in [-0.15, -0.1) is 0 Å². The van der Waals surface area contributed by atoms with Crippen molar-refractivity contribution in [1.82, 2.24) is 39.7 Å². The molecule has 0 bridgehead atoms. The molecule has 2 aromatic carbocycles. The van der Waals surface area contributed by atoms with E-state index in [0.717, 1.165) is 30.5 Å². The number of nitrogens with one attached hydrogen (secondary N) is 1. The number of benzene rings is 2. The van der Waals surface area contributed by atoms with Crippen LogP contribution in [0.25, 0.3) is 22.0 Å². The van der Waals surface area contributed by atoms with Gasteiger partial charge in [-0.1, -0.05) is 30.0 Å². The zero-order chi connectivity index (χ0) is 57.3. The van der Waals surface area contributed by atoms with Crippen LogP contribution < -0.4 is 9.62 Å². The highest BCUT2D eigenvalue weighted by molar-refractivity contribution is 7.93. The number of aromatic nitrogens is 5. The maximum Gasteiger partial charge on any atom is 0.435 e. The van der Waals surface area contributed by atoms with Gasteiger partial charge in [-0.2, -0.15) is 49.6 Å². The SMILES string of the molecule is CN(C)CCCCC(C(=O)N(c1nn(CC(F)(F)F)c2c(-c3ccc(C#CC(C)(C)S(C)(=O)=O)nc3C(Cc3cc(F)cc(F)c3)NC(=O)Cn3nc(C(F)(F)F)c4c3C(F)(F)[C@@H]3C[C@H]43)ccc(Cl)c12)S(C)(=O)=O)N(C)C. The van der Waals surface area contributed by atoms with Crippen LogP contribution in [0.3, 0.4) is 0 Å². The molecule has 77 heavy (non-hydrogen) atoms. The van der Waals surface area contributed by atoms with Crippen molar-refractivity contribution >= 4 is 60.0 Å². The molecule has 7 rings (SSSR count). The molecule has 418 valence electrons. The first-order chi connectivity index (χ1) is 35.4. The Morgan fingerprint density at radius 3 is 2.12 bits per heavy atom. The number of rotatable bonds is 18. The van der Waals surface area contributed by atoms with Crippen molar-refractivity contribution in [3.8, 4) is 23.0 Å². The fraction of sp³-hybridized carbons (Fsp3) is 0.490. The van der Waals surface area contributed by atoms with Gasteiger partial charge in [0, 0.05) is 34.9 Å². The normalized spacial score (nSPS) is 17.3. The van der Waals surface area contributed by atoms with Crippen LogP contribution in [0.4, 0.5) is 49.7 Å². The Labute approximate surface area is 441 Å². The van der Waals surface area contributed by atoms with Crippen molar-refractivity contribution in [2.24, 2.45) is 5.92 Å². The van der Waals surface area contributed by atoms with E-state index in [1.54, 1.807) is 0 Å². The summed E-state index contributed by atoms with van der Waals surface area (Å²) in [7, 11) is -2.04. The average Bonchev–Trinajstić information content (AvgIpc) is 3.81. The molecule has 0 radical (unpaired) electrons. The molecule has 28 heteroatoms. The van der Waals surface area contributed by atoms with Gasteiger partial charge in [0.2, 0.25) is 15.9 Å². The molecule has 1 fully saturated rings. The summed E-state index contributed by atoms with van der Waals surface area (Å²) in [5.41, 5.74) is -5.66. The largest absolute Gasteiger partial charge is 0.435 e. The molecule has 0 spiro atoms. The molecular weight excluding hydrogens is 1100 g/mol. The number of anilines is 1. The van der Waals surface area contributed by atoms with E-state index in [4.69, 9.17) is 11.6 Å². The van der Waals surface area contributed by atoms with Crippen LogP contribution in [-0.2, 0) is 61.1 Å². The van der Waals surface area contributed by atoms with Crippen LogP contribution in [-0.4, -0.2) is 127 Å². The number of pyridine rings is 1. The number of carbonyl (C=O) groups excluding carboxylic acids is 2. The Morgan fingerprint density at radius 1 is 0.909 bits per heavy atom.